The molecule has 5 aromatic rings. The third-order valence-electron chi connectivity index (χ3n) is 10.8. The smallest absolute Gasteiger partial charge is 0.332 e. The van der Waals surface area contributed by atoms with E-state index < -0.39 is 131 Å². The molecule has 4 amide bonds. The van der Waals surface area contributed by atoms with Crippen molar-refractivity contribution in [2.45, 2.75) is 31.6 Å². The van der Waals surface area contributed by atoms with Crippen molar-refractivity contribution in [2.24, 2.45) is 0 Å². The number of pyridine rings is 1. The maximum Gasteiger partial charge on any atom is 0.332 e. The molecule has 1 aliphatic heterocycles. The summed E-state index contributed by atoms with van der Waals surface area (Å²) in [5, 5.41) is 78.1. The molecule has 25 heteroatoms. The zero-order valence-corrected chi connectivity index (χ0v) is 42.5. The predicted octanol–water partition coefficient (Wildman–Crippen LogP) is 1.73. The molecule has 412 valence electrons. The van der Waals surface area contributed by atoms with Gasteiger partial charge >= 0.3 is 17.9 Å². The summed E-state index contributed by atoms with van der Waals surface area (Å²) in [6.07, 6.45) is 5.29. The molecule has 0 radical (unpaired) electrons. The number of esters is 3. The quantitative estimate of drug-likeness (QED) is 0.0117. The molecule has 78 heavy (non-hydrogen) atoms. The zero-order chi connectivity index (χ0) is 57.8. The molecule has 6 rings (SSSR count). The number of carbonyl (C=O) groups is 7. The van der Waals surface area contributed by atoms with Gasteiger partial charge < -0.3 is 87.6 Å². The van der Waals surface area contributed by atoms with Crippen molar-refractivity contribution < 1.29 is 88.1 Å². The summed E-state index contributed by atoms with van der Waals surface area (Å²) in [5.41, 5.74) is 12.7. The van der Waals surface area contributed by atoms with E-state index in [2.05, 4.69) is 27.8 Å². The van der Waals surface area contributed by atoms with Gasteiger partial charge in [-0.2, -0.15) is 4.57 Å². The summed E-state index contributed by atoms with van der Waals surface area (Å²) in [5.74, 6) is -13.5. The number of nitrogen functional groups attached to an aromatic ring is 2. The standard InChI is InChI=1S/C44H42N6O16.C8H12N2.CH4O/c1-3-6-26(35(54)22(2)51)39(58)47-28-19-64-43(62)29(48-40(59)27-8-4-9-32(52)36(27)55)20-65-44(63)30(21-66-42(28)61)49-41(60)34-31(14-15-33(53)37(34)56)50-16-5-7-23(18-50)17-46-38(57)24-10-12-25(45)13-11-24;1-10(2)8-5-3-7(9)4-6-8;1-2/h3-16,18,28-30H,2,17,19-21H2,1H3,(H11-,45,46,47,48,49,51,52,53,54,55,56,57,58,59,60);3-6H,9H2,1-2H3;2H,1H3/p+1/b6-3-;;. The molecule has 1 fully saturated rings. The molecule has 3 atom stereocenters. The van der Waals surface area contributed by atoms with Crippen LogP contribution in [0, 0.1) is 0 Å². The van der Waals surface area contributed by atoms with E-state index >= 15 is 0 Å². The molecule has 4 aromatic carbocycles. The molecule has 1 aliphatic rings. The van der Waals surface area contributed by atoms with Gasteiger partial charge in [-0.15, -0.1) is 0 Å². The second kappa shape index (κ2) is 28.4. The first kappa shape index (κ1) is 60.3. The first-order valence-electron chi connectivity index (χ1n) is 23.1. The summed E-state index contributed by atoms with van der Waals surface area (Å²) in [4.78, 5) is 96.0. The summed E-state index contributed by atoms with van der Waals surface area (Å²) in [7, 11) is 5.01. The highest BCUT2D eigenvalue weighted by Crippen LogP contribution is 2.32. The van der Waals surface area contributed by atoms with Crippen LogP contribution in [0.4, 0.5) is 17.1 Å². The van der Waals surface area contributed by atoms with Gasteiger partial charge in [0, 0.05) is 68.1 Å². The van der Waals surface area contributed by atoms with E-state index in [9.17, 15) is 64.2 Å². The molecule has 1 saturated heterocycles. The Kier molecular flexibility index (Phi) is 21.9. The van der Waals surface area contributed by atoms with Crippen LogP contribution < -0.4 is 42.2 Å². The average molecular weight is 1080 g/mol. The van der Waals surface area contributed by atoms with Crippen LogP contribution in [-0.4, -0.2) is 136 Å². The van der Waals surface area contributed by atoms with Gasteiger partial charge in [-0.05, 0) is 85.8 Å². The molecular formula is C53H59N8O17+. The Hall–Kier alpha value is -10.3. The van der Waals surface area contributed by atoms with Crippen molar-refractivity contribution in [1.82, 2.24) is 21.3 Å². The number of phenols is 4. The van der Waals surface area contributed by atoms with Crippen LogP contribution in [0.1, 0.15) is 43.6 Å². The van der Waals surface area contributed by atoms with Crippen LogP contribution in [0.15, 0.2) is 139 Å². The monoisotopic (exact) mass is 1080 g/mol. The van der Waals surface area contributed by atoms with Crippen LogP contribution in [0.5, 0.6) is 23.0 Å². The van der Waals surface area contributed by atoms with E-state index in [1.807, 2.05) is 43.3 Å². The van der Waals surface area contributed by atoms with E-state index in [0.29, 0.717) is 16.8 Å². The minimum atomic E-state index is -1.99. The van der Waals surface area contributed by atoms with Gasteiger partial charge in [0.1, 0.15) is 19.8 Å². The molecule has 25 nitrogen and oxygen atoms in total. The topological polar surface area (TPSA) is 396 Å². The maximum atomic E-state index is 14.1. The lowest BCUT2D eigenvalue weighted by Gasteiger charge is -2.25. The molecule has 3 unspecified atom stereocenters. The summed E-state index contributed by atoms with van der Waals surface area (Å²) >= 11 is 0. The number of benzene rings is 4. The van der Waals surface area contributed by atoms with Crippen molar-refractivity contribution in [2.75, 3.05) is 57.4 Å². The fourth-order valence-electron chi connectivity index (χ4n) is 6.78. The fraction of sp³-hybridized carbons (Fsp3) is 0.208. The van der Waals surface area contributed by atoms with Gasteiger partial charge in [0.15, 0.2) is 70.6 Å². The predicted molar refractivity (Wildman–Crippen MR) is 280 cm³/mol. The number of carbonyl (C=O) groups excluding carboxylic acids is 7. The first-order valence-corrected chi connectivity index (χ1v) is 23.1. The number of hydrogen-bond donors (Lipinski definition) is 13. The molecule has 0 spiro atoms. The highest BCUT2D eigenvalue weighted by molar-refractivity contribution is 6.03. The van der Waals surface area contributed by atoms with Gasteiger partial charge in [0.05, 0.1) is 11.1 Å². The highest BCUT2D eigenvalue weighted by atomic mass is 16.6. The number of aromatic hydroxyl groups is 4. The number of allylic oxidation sites excluding steroid dienone is 1. The Morgan fingerprint density at radius 1 is 0.692 bits per heavy atom. The summed E-state index contributed by atoms with van der Waals surface area (Å²) in [6.45, 7) is 1.49. The number of amides is 4. The minimum absolute atomic E-state index is 0.00878. The van der Waals surface area contributed by atoms with Crippen LogP contribution >= 0.6 is 0 Å². The van der Waals surface area contributed by atoms with Crippen LogP contribution in [0.25, 0.3) is 5.69 Å². The molecule has 0 saturated carbocycles. The van der Waals surface area contributed by atoms with E-state index in [4.69, 9.17) is 30.8 Å². The van der Waals surface area contributed by atoms with E-state index in [-0.39, 0.29) is 12.2 Å². The van der Waals surface area contributed by atoms with Gasteiger partial charge in [0.25, 0.3) is 23.6 Å². The summed E-state index contributed by atoms with van der Waals surface area (Å²) in [6, 6.07) is 17.0. The average Bonchev–Trinajstić information content (AvgIpc) is 3.43. The Bertz CT molecular complexity index is 3070. The zero-order valence-electron chi connectivity index (χ0n) is 42.5. The largest absolute Gasteiger partial charge is 0.505 e. The lowest BCUT2D eigenvalue weighted by molar-refractivity contribution is -0.596. The number of nitrogens with zero attached hydrogens (tertiary/aromatic N) is 2. The number of cyclic esters (lactones) is 3. The Morgan fingerprint density at radius 2 is 1.22 bits per heavy atom. The molecular weight excluding hydrogens is 1020 g/mol. The fourth-order valence-corrected chi connectivity index (χ4v) is 6.78. The van der Waals surface area contributed by atoms with Crippen molar-refractivity contribution in [3.63, 3.8) is 0 Å². The Morgan fingerprint density at radius 3 is 1.76 bits per heavy atom. The van der Waals surface area contributed by atoms with Gasteiger partial charge in [-0.25, -0.2) is 14.4 Å². The van der Waals surface area contributed by atoms with Crippen molar-refractivity contribution >= 4 is 58.6 Å². The van der Waals surface area contributed by atoms with Gasteiger partial charge in [-0.3, -0.25) is 19.2 Å². The summed E-state index contributed by atoms with van der Waals surface area (Å²) < 4.78 is 17.1. The number of aromatic nitrogens is 1. The van der Waals surface area contributed by atoms with Crippen molar-refractivity contribution in [3.05, 3.63) is 161 Å². The number of hydrogen-bond acceptors (Lipinski definition) is 20. The highest BCUT2D eigenvalue weighted by Gasteiger charge is 2.36. The van der Waals surface area contributed by atoms with Crippen LogP contribution in [0.3, 0.4) is 0 Å². The van der Waals surface area contributed by atoms with Crippen molar-refractivity contribution in [1.29, 1.82) is 0 Å². The Balaban J connectivity index is 0.000000971. The van der Waals surface area contributed by atoms with E-state index in [1.54, 1.807) is 24.3 Å². The number of para-hydroxylation sites is 1. The molecule has 0 bridgehead atoms. The number of rotatable bonds is 13. The van der Waals surface area contributed by atoms with Gasteiger partial charge in [-0.1, -0.05) is 18.7 Å². The third-order valence-corrected chi connectivity index (χ3v) is 10.8. The number of ether oxygens (including phenoxy) is 3. The number of aliphatic hydroxyl groups is 3. The molecule has 0 aliphatic carbocycles. The Labute approximate surface area is 445 Å². The normalized spacial score (nSPS) is 15.7. The number of aliphatic hydroxyl groups excluding tert-OH is 3. The van der Waals surface area contributed by atoms with E-state index in [0.717, 1.165) is 37.1 Å². The lowest BCUT2D eigenvalue weighted by atomic mass is 10.1. The number of nitrogens with one attached hydrogen (secondary N) is 4. The SMILES string of the molecule is C=C(O)/C(O)=C(\C=C/C)C(=O)NC1COC(=O)C(NC(=O)c2cccc(O)c2O)COC(=O)C(NC(=O)c2c(-[n+]3cccc(CNC(=O)c4ccc(N)cc4)c3)ccc(O)c2O)COC1=O.CN(C)c1ccc(N)cc1.CO. The lowest BCUT2D eigenvalue weighted by Crippen LogP contribution is -2.53. The number of nitrogens with two attached hydrogens (primary N) is 2. The second-order valence-electron chi connectivity index (χ2n) is 16.6. The number of anilines is 3. The first-order chi connectivity index (χ1) is 37.1. The molecule has 1 aromatic heterocycles. The van der Waals surface area contributed by atoms with Crippen LogP contribution in [-0.2, 0) is 39.9 Å². The van der Waals surface area contributed by atoms with Crippen LogP contribution in [0.2, 0.25) is 0 Å². The van der Waals surface area contributed by atoms with Crippen molar-refractivity contribution in [3.8, 4) is 28.7 Å². The third kappa shape index (κ3) is 16.3. The van der Waals surface area contributed by atoms with E-state index in [1.165, 1.54) is 59.9 Å². The molecule has 2 heterocycles. The second-order valence-corrected chi connectivity index (χ2v) is 16.6. The van der Waals surface area contributed by atoms with Gasteiger partial charge in [0.2, 0.25) is 5.69 Å². The number of phenolic OH excluding ortho intramolecular Hbond substituents is 4. The minimum Gasteiger partial charge on any atom is -0.505 e. The maximum absolute atomic E-state index is 14.1. The molecule has 15 N–H and O–H groups in total.